The van der Waals surface area contributed by atoms with Crippen LogP contribution in [0, 0.1) is 13.8 Å². The van der Waals surface area contributed by atoms with E-state index in [4.69, 9.17) is 4.74 Å². The van der Waals surface area contributed by atoms with E-state index < -0.39 is 16.1 Å². The lowest BCUT2D eigenvalue weighted by Crippen LogP contribution is -2.53. The number of hydrogen-bond acceptors (Lipinski definition) is 6. The molecular weight excluding hydrogens is 384 g/mol. The van der Waals surface area contributed by atoms with Crippen LogP contribution in [0.25, 0.3) is 0 Å². The van der Waals surface area contributed by atoms with Crippen molar-refractivity contribution in [1.82, 2.24) is 19.4 Å². The number of phenolic OH excluding ortho intramolecular Hbond substituents is 1. The van der Waals surface area contributed by atoms with E-state index in [1.165, 1.54) is 16.4 Å². The van der Waals surface area contributed by atoms with Crippen LogP contribution in [-0.2, 0) is 14.8 Å². The van der Waals surface area contributed by atoms with Gasteiger partial charge in [0.2, 0.25) is 10.0 Å². The SMILES string of the molecule is Cc1n[nH]c(C)c1S(=O)(=O)N1CCN(C(=O)C(C)Oc2ccc(O)cc2)CC1. The van der Waals surface area contributed by atoms with E-state index in [0.717, 1.165) is 0 Å². The minimum Gasteiger partial charge on any atom is -0.508 e. The van der Waals surface area contributed by atoms with Crippen LogP contribution in [-0.4, -0.2) is 71.1 Å². The van der Waals surface area contributed by atoms with Crippen molar-refractivity contribution < 1.29 is 23.1 Å². The van der Waals surface area contributed by atoms with Crippen LogP contribution in [0.4, 0.5) is 0 Å². The predicted molar refractivity (Wildman–Crippen MR) is 102 cm³/mol. The maximum atomic E-state index is 12.9. The molecule has 1 atom stereocenters. The normalized spacial score (nSPS) is 16.8. The number of sulfonamides is 1. The van der Waals surface area contributed by atoms with E-state index in [0.29, 0.717) is 17.1 Å². The maximum Gasteiger partial charge on any atom is 0.263 e. The van der Waals surface area contributed by atoms with E-state index in [1.807, 2.05) is 0 Å². The number of H-pyrrole nitrogens is 1. The molecule has 10 heteroatoms. The van der Waals surface area contributed by atoms with Crippen molar-refractivity contribution in [3.8, 4) is 11.5 Å². The lowest BCUT2D eigenvalue weighted by molar-refractivity contribution is -0.139. The van der Waals surface area contributed by atoms with E-state index in [9.17, 15) is 18.3 Å². The standard InChI is InChI=1S/C18H24N4O5S/c1-12-17(13(2)20-19-12)28(25,26)22-10-8-21(9-11-22)18(24)14(3)27-16-6-4-15(23)5-7-16/h4-7,14,23H,8-11H2,1-3H3,(H,19,20). The van der Waals surface area contributed by atoms with Crippen molar-refractivity contribution in [2.24, 2.45) is 0 Å². The molecule has 0 bridgehead atoms. The molecule has 152 valence electrons. The highest BCUT2D eigenvalue weighted by Crippen LogP contribution is 2.23. The number of piperazine rings is 1. The highest BCUT2D eigenvalue weighted by atomic mass is 32.2. The van der Waals surface area contributed by atoms with Gasteiger partial charge in [-0.1, -0.05) is 0 Å². The molecule has 0 radical (unpaired) electrons. The summed E-state index contributed by atoms with van der Waals surface area (Å²) in [5.41, 5.74) is 0.943. The minimum atomic E-state index is -3.66. The zero-order valence-electron chi connectivity index (χ0n) is 16.0. The number of aromatic hydroxyl groups is 1. The molecule has 1 aromatic heterocycles. The van der Waals surface area contributed by atoms with Gasteiger partial charge in [0.1, 0.15) is 16.4 Å². The summed E-state index contributed by atoms with van der Waals surface area (Å²) in [5.74, 6) is 0.387. The Labute approximate surface area is 164 Å². The van der Waals surface area contributed by atoms with Crippen LogP contribution >= 0.6 is 0 Å². The molecule has 1 aliphatic rings. The van der Waals surface area contributed by atoms with Gasteiger partial charge in [0.15, 0.2) is 6.10 Å². The molecule has 2 aromatic rings. The molecular formula is C18H24N4O5S. The van der Waals surface area contributed by atoms with Gasteiger partial charge < -0.3 is 14.7 Å². The Morgan fingerprint density at radius 3 is 2.32 bits per heavy atom. The van der Waals surface area contributed by atoms with Gasteiger partial charge in [-0.2, -0.15) is 9.40 Å². The highest BCUT2D eigenvalue weighted by Gasteiger charge is 2.34. The summed E-state index contributed by atoms with van der Waals surface area (Å²) in [6.07, 6.45) is -0.717. The van der Waals surface area contributed by atoms with Crippen LogP contribution in [0.3, 0.4) is 0 Å². The number of aryl methyl sites for hydroxylation is 2. The Kier molecular flexibility index (Phi) is 5.61. The second-order valence-electron chi connectivity index (χ2n) is 6.75. The van der Waals surface area contributed by atoms with Crippen molar-refractivity contribution in [3.63, 3.8) is 0 Å². The van der Waals surface area contributed by atoms with Gasteiger partial charge >= 0.3 is 0 Å². The largest absolute Gasteiger partial charge is 0.508 e. The number of rotatable bonds is 5. The van der Waals surface area contributed by atoms with Gasteiger partial charge in [0.05, 0.1) is 11.4 Å². The van der Waals surface area contributed by atoms with Gasteiger partial charge in [-0.3, -0.25) is 9.89 Å². The Hall–Kier alpha value is -2.59. The molecule has 1 unspecified atom stereocenters. The third-order valence-corrected chi connectivity index (χ3v) is 6.87. The number of nitrogens with one attached hydrogen (secondary N) is 1. The molecule has 0 saturated carbocycles. The van der Waals surface area contributed by atoms with Gasteiger partial charge in [-0.15, -0.1) is 0 Å². The molecule has 1 aliphatic heterocycles. The summed E-state index contributed by atoms with van der Waals surface area (Å²) in [6, 6.07) is 6.13. The van der Waals surface area contributed by atoms with Crippen LogP contribution in [0.2, 0.25) is 0 Å². The average Bonchev–Trinajstić information content (AvgIpc) is 3.02. The second kappa shape index (κ2) is 7.80. The lowest BCUT2D eigenvalue weighted by Gasteiger charge is -2.35. The number of ether oxygens (including phenoxy) is 1. The smallest absolute Gasteiger partial charge is 0.263 e. The molecule has 1 aromatic carbocycles. The Bertz CT molecular complexity index is 927. The summed E-state index contributed by atoms with van der Waals surface area (Å²) >= 11 is 0. The minimum absolute atomic E-state index is 0.117. The summed E-state index contributed by atoms with van der Waals surface area (Å²) in [7, 11) is -3.66. The van der Waals surface area contributed by atoms with Gasteiger partial charge in [0.25, 0.3) is 5.91 Å². The molecule has 0 spiro atoms. The Morgan fingerprint density at radius 1 is 1.18 bits per heavy atom. The number of phenols is 1. The van der Waals surface area contributed by atoms with Crippen LogP contribution in [0.15, 0.2) is 29.2 Å². The third-order valence-electron chi connectivity index (χ3n) is 4.71. The first-order valence-electron chi connectivity index (χ1n) is 8.96. The number of aromatic nitrogens is 2. The molecule has 2 heterocycles. The maximum absolute atomic E-state index is 12.9. The van der Waals surface area contributed by atoms with Crippen LogP contribution in [0.5, 0.6) is 11.5 Å². The molecule has 1 amide bonds. The zero-order chi connectivity index (χ0) is 20.5. The monoisotopic (exact) mass is 408 g/mol. The van der Waals surface area contributed by atoms with Crippen molar-refractivity contribution in [1.29, 1.82) is 0 Å². The first-order chi connectivity index (χ1) is 13.2. The number of amides is 1. The quantitative estimate of drug-likeness (QED) is 0.764. The van der Waals surface area contributed by atoms with Crippen molar-refractivity contribution in [2.45, 2.75) is 31.8 Å². The summed E-state index contributed by atoms with van der Waals surface area (Å²) < 4.78 is 32.8. The number of aromatic amines is 1. The van der Waals surface area contributed by atoms with E-state index in [-0.39, 0.29) is 42.7 Å². The summed E-state index contributed by atoms with van der Waals surface area (Å²) in [5, 5.41) is 16.0. The fraction of sp³-hybridized carbons (Fsp3) is 0.444. The van der Waals surface area contributed by atoms with Gasteiger partial charge in [0, 0.05) is 26.2 Å². The number of nitrogens with zero attached hydrogens (tertiary/aromatic N) is 3. The number of benzene rings is 1. The van der Waals surface area contributed by atoms with Crippen LogP contribution in [0.1, 0.15) is 18.3 Å². The average molecular weight is 408 g/mol. The van der Waals surface area contributed by atoms with Gasteiger partial charge in [-0.05, 0) is 45.0 Å². The van der Waals surface area contributed by atoms with E-state index in [2.05, 4.69) is 10.2 Å². The molecule has 0 aliphatic carbocycles. The molecule has 2 N–H and O–H groups in total. The van der Waals surface area contributed by atoms with Crippen molar-refractivity contribution in [3.05, 3.63) is 35.7 Å². The highest BCUT2D eigenvalue weighted by molar-refractivity contribution is 7.89. The first kappa shape index (κ1) is 20.2. The lowest BCUT2D eigenvalue weighted by atomic mass is 10.2. The fourth-order valence-electron chi connectivity index (χ4n) is 3.24. The molecule has 3 rings (SSSR count). The predicted octanol–water partition coefficient (Wildman–Crippen LogP) is 1.03. The van der Waals surface area contributed by atoms with Crippen molar-refractivity contribution in [2.75, 3.05) is 26.2 Å². The van der Waals surface area contributed by atoms with Gasteiger partial charge in [-0.25, -0.2) is 8.42 Å². The zero-order valence-corrected chi connectivity index (χ0v) is 16.9. The summed E-state index contributed by atoms with van der Waals surface area (Å²) in [6.45, 7) is 5.98. The van der Waals surface area contributed by atoms with Crippen LogP contribution < -0.4 is 4.74 Å². The molecule has 28 heavy (non-hydrogen) atoms. The number of hydrogen-bond donors (Lipinski definition) is 2. The third kappa shape index (κ3) is 3.97. The molecule has 9 nitrogen and oxygen atoms in total. The van der Waals surface area contributed by atoms with E-state index >= 15 is 0 Å². The van der Waals surface area contributed by atoms with Crippen molar-refractivity contribution >= 4 is 15.9 Å². The molecule has 1 saturated heterocycles. The Balaban J connectivity index is 1.61. The number of carbonyl (C=O) groups excluding carboxylic acids is 1. The molecule has 1 fully saturated rings. The second-order valence-corrected chi connectivity index (χ2v) is 8.62. The number of carbonyl (C=O) groups is 1. The summed E-state index contributed by atoms with van der Waals surface area (Å²) in [4.78, 5) is 14.4. The first-order valence-corrected chi connectivity index (χ1v) is 10.4. The fourth-order valence-corrected chi connectivity index (χ4v) is 4.99. The Morgan fingerprint density at radius 2 is 1.79 bits per heavy atom. The topological polar surface area (TPSA) is 116 Å². The van der Waals surface area contributed by atoms with E-state index in [1.54, 1.807) is 37.8 Å².